The number of hydrogen-bond donors (Lipinski definition) is 0. The molecule has 0 heterocycles. The Bertz CT molecular complexity index is 3480. The third-order valence-electron chi connectivity index (χ3n) is 12.3. The zero-order chi connectivity index (χ0) is 38.2. The maximum absolute atomic E-state index is 2.38. The highest BCUT2D eigenvalue weighted by Gasteiger charge is 2.13. The first-order valence-corrected chi connectivity index (χ1v) is 20.1. The molecule has 58 heavy (non-hydrogen) atoms. The zero-order valence-electron chi connectivity index (χ0n) is 31.8. The van der Waals surface area contributed by atoms with E-state index >= 15 is 0 Å². The average Bonchev–Trinajstić information content (AvgIpc) is 3.29. The molecule has 0 atom stereocenters. The molecule has 0 radical (unpaired) electrons. The molecule has 0 spiro atoms. The van der Waals surface area contributed by atoms with Crippen molar-refractivity contribution in [3.8, 4) is 0 Å². The SMILES string of the molecule is C(=C/c1ccc2ccc3ccc4ccc5ccc6ccc(/C=C\c7ccc8ccc9ccccc9c8c7)cc6c5c4c3c2c1)/c1ccc2ccc3ccccc3c2c1. The molecule has 0 aliphatic heterocycles. The van der Waals surface area contributed by atoms with Gasteiger partial charge in [-0.15, -0.1) is 0 Å². The predicted molar refractivity (Wildman–Crippen MR) is 255 cm³/mol. The van der Waals surface area contributed by atoms with Gasteiger partial charge in [0.25, 0.3) is 0 Å². The second kappa shape index (κ2) is 13.0. The van der Waals surface area contributed by atoms with Crippen molar-refractivity contribution in [3.05, 3.63) is 216 Å². The lowest BCUT2D eigenvalue weighted by Gasteiger charge is -2.14. The van der Waals surface area contributed by atoms with E-state index in [1.807, 2.05) is 0 Å². The summed E-state index contributed by atoms with van der Waals surface area (Å²) in [5.41, 5.74) is 4.77. The average molecular weight is 733 g/mol. The fourth-order valence-corrected chi connectivity index (χ4v) is 9.38. The summed E-state index contributed by atoms with van der Waals surface area (Å²) in [4.78, 5) is 0. The molecule has 0 aliphatic carbocycles. The molecule has 12 aromatic rings. The predicted octanol–water partition coefficient (Wildman–Crippen LogP) is 16.4. The molecule has 0 saturated carbocycles. The molecule has 0 bridgehead atoms. The van der Waals surface area contributed by atoms with Gasteiger partial charge in [0.15, 0.2) is 0 Å². The molecule has 0 unspecified atom stereocenters. The Hall–Kier alpha value is -7.54. The smallest absolute Gasteiger partial charge is 0.00143 e. The third kappa shape index (κ3) is 5.38. The molecule has 0 fully saturated rings. The Morgan fingerprint density at radius 1 is 0.190 bits per heavy atom. The lowest BCUT2D eigenvalue weighted by molar-refractivity contribution is 1.71. The second-order valence-corrected chi connectivity index (χ2v) is 15.7. The molecule has 0 saturated heterocycles. The molecule has 12 aromatic carbocycles. The van der Waals surface area contributed by atoms with Gasteiger partial charge in [0.2, 0.25) is 0 Å². The van der Waals surface area contributed by atoms with E-state index in [-0.39, 0.29) is 0 Å². The highest BCUT2D eigenvalue weighted by Crippen LogP contribution is 2.40. The molecule has 0 nitrogen and oxygen atoms in total. The first kappa shape index (κ1) is 32.7. The first-order valence-electron chi connectivity index (χ1n) is 20.1. The van der Waals surface area contributed by atoms with Gasteiger partial charge in [-0.1, -0.05) is 194 Å². The molecule has 0 heteroatoms. The van der Waals surface area contributed by atoms with Crippen LogP contribution in [-0.2, 0) is 0 Å². The van der Waals surface area contributed by atoms with Gasteiger partial charge in [0.05, 0.1) is 0 Å². The van der Waals surface area contributed by atoms with Crippen molar-refractivity contribution in [2.24, 2.45) is 0 Å². The van der Waals surface area contributed by atoms with Crippen molar-refractivity contribution in [3.63, 3.8) is 0 Å². The number of rotatable bonds is 4. The van der Waals surface area contributed by atoms with Crippen LogP contribution in [0, 0.1) is 0 Å². The van der Waals surface area contributed by atoms with E-state index in [0.717, 1.165) is 0 Å². The first-order chi connectivity index (χ1) is 28.7. The lowest BCUT2D eigenvalue weighted by Crippen LogP contribution is -1.87. The van der Waals surface area contributed by atoms with Crippen molar-refractivity contribution in [2.75, 3.05) is 0 Å². The molecule has 12 rings (SSSR count). The van der Waals surface area contributed by atoms with E-state index in [9.17, 15) is 0 Å². The summed E-state index contributed by atoms with van der Waals surface area (Å²) in [6, 6.07) is 71.9. The van der Waals surface area contributed by atoms with Crippen molar-refractivity contribution in [1.82, 2.24) is 0 Å². The number of fused-ring (bicyclic) bond motifs is 15. The van der Waals surface area contributed by atoms with Gasteiger partial charge in [-0.25, -0.2) is 0 Å². The van der Waals surface area contributed by atoms with E-state index in [1.165, 1.54) is 119 Å². The standard InChI is InChI=1S/C58H36/c1-3-7-50-41(5-1)21-23-43-17-13-37(33-52(43)50)9-11-39-15-19-45-25-27-47-29-31-49-32-30-48-28-26-46-20-16-40(36-55(46)57(48)58(49)56(47)54(45)35-39)12-10-38-14-18-44-24-22-42-6-2-4-8-51(42)53(44)34-38/h1-36H/b11-9-,12-10-. The summed E-state index contributed by atoms with van der Waals surface area (Å²) in [7, 11) is 0. The molecule has 0 aliphatic rings. The van der Waals surface area contributed by atoms with Gasteiger partial charge in [-0.2, -0.15) is 0 Å². The highest BCUT2D eigenvalue weighted by atomic mass is 14.2. The summed E-state index contributed by atoms with van der Waals surface area (Å²) in [5.74, 6) is 0. The monoisotopic (exact) mass is 732 g/mol. The van der Waals surface area contributed by atoms with Crippen LogP contribution < -0.4 is 0 Å². The van der Waals surface area contributed by atoms with Crippen molar-refractivity contribution >= 4 is 121 Å². The van der Waals surface area contributed by atoms with Gasteiger partial charge in [0.1, 0.15) is 0 Å². The Labute approximate surface area is 336 Å². The van der Waals surface area contributed by atoms with Gasteiger partial charge < -0.3 is 0 Å². The summed E-state index contributed by atoms with van der Waals surface area (Å²) >= 11 is 0. The molecule has 0 amide bonds. The largest absolute Gasteiger partial charge is 0.0616 e. The zero-order valence-corrected chi connectivity index (χ0v) is 31.8. The lowest BCUT2D eigenvalue weighted by atomic mass is 9.90. The molecule has 268 valence electrons. The molecular formula is C58H36. The van der Waals surface area contributed by atoms with E-state index in [1.54, 1.807) is 0 Å². The summed E-state index contributed by atoms with van der Waals surface area (Å²) in [6.45, 7) is 0. The topological polar surface area (TPSA) is 0 Å². The van der Waals surface area contributed by atoms with Crippen LogP contribution in [-0.4, -0.2) is 0 Å². The van der Waals surface area contributed by atoms with Crippen LogP contribution in [0.3, 0.4) is 0 Å². The minimum atomic E-state index is 1.19. The quantitative estimate of drug-likeness (QED) is 0.125. The van der Waals surface area contributed by atoms with Crippen LogP contribution >= 0.6 is 0 Å². The summed E-state index contributed by atoms with van der Waals surface area (Å²) < 4.78 is 0. The van der Waals surface area contributed by atoms with Crippen LogP contribution in [0.15, 0.2) is 194 Å². The van der Waals surface area contributed by atoms with Gasteiger partial charge >= 0.3 is 0 Å². The fourth-order valence-electron chi connectivity index (χ4n) is 9.38. The minimum absolute atomic E-state index is 1.19. The van der Waals surface area contributed by atoms with Crippen molar-refractivity contribution in [1.29, 1.82) is 0 Å². The van der Waals surface area contributed by atoms with Crippen LogP contribution in [0.25, 0.3) is 121 Å². The van der Waals surface area contributed by atoms with E-state index in [2.05, 4.69) is 218 Å². The Morgan fingerprint density at radius 3 is 0.828 bits per heavy atom. The van der Waals surface area contributed by atoms with Gasteiger partial charge in [0, 0.05) is 0 Å². The van der Waals surface area contributed by atoms with E-state index in [4.69, 9.17) is 0 Å². The normalized spacial score (nSPS) is 12.3. The van der Waals surface area contributed by atoms with E-state index < -0.39 is 0 Å². The maximum Gasteiger partial charge on any atom is -0.00143 e. The van der Waals surface area contributed by atoms with Gasteiger partial charge in [-0.3, -0.25) is 0 Å². The van der Waals surface area contributed by atoms with Crippen LogP contribution in [0.4, 0.5) is 0 Å². The second-order valence-electron chi connectivity index (χ2n) is 15.7. The highest BCUT2D eigenvalue weighted by molar-refractivity contribution is 6.32. The molecule has 0 aromatic heterocycles. The van der Waals surface area contributed by atoms with Crippen LogP contribution in [0.2, 0.25) is 0 Å². The Morgan fingerprint density at radius 2 is 0.448 bits per heavy atom. The van der Waals surface area contributed by atoms with Crippen molar-refractivity contribution in [2.45, 2.75) is 0 Å². The van der Waals surface area contributed by atoms with Gasteiger partial charge in [-0.05, 0) is 143 Å². The Balaban J connectivity index is 0.999. The van der Waals surface area contributed by atoms with E-state index in [0.29, 0.717) is 0 Å². The van der Waals surface area contributed by atoms with Crippen molar-refractivity contribution < 1.29 is 0 Å². The minimum Gasteiger partial charge on any atom is -0.0616 e. The Kier molecular flexibility index (Phi) is 7.33. The summed E-state index contributed by atoms with van der Waals surface area (Å²) in [6.07, 6.45) is 9.03. The summed E-state index contributed by atoms with van der Waals surface area (Å²) in [5, 5.41) is 23.0. The molecule has 0 N–H and O–H groups in total. The maximum atomic E-state index is 2.38. The fraction of sp³-hybridized carbons (Fsp3) is 0. The van der Waals surface area contributed by atoms with Crippen LogP contribution in [0.1, 0.15) is 22.3 Å². The number of benzene rings is 12. The third-order valence-corrected chi connectivity index (χ3v) is 12.3. The number of hydrogen-bond acceptors (Lipinski definition) is 0. The van der Waals surface area contributed by atoms with Crippen LogP contribution in [0.5, 0.6) is 0 Å². The molecular weight excluding hydrogens is 697 g/mol.